The largest absolute Gasteiger partial charge is 0.480 e. The Morgan fingerprint density at radius 3 is 2.19 bits per heavy atom. The number of carbonyl (C=O) groups excluding carboxylic acids is 2. The Balaban J connectivity index is 1.98. The van der Waals surface area contributed by atoms with Crippen LogP contribution in [0.1, 0.15) is 26.7 Å². The topological polar surface area (TPSA) is 133 Å². The molecule has 0 aliphatic carbocycles. The number of rotatable bonds is 6. The lowest BCUT2D eigenvalue weighted by Crippen LogP contribution is -2.46. The third-order valence-electron chi connectivity index (χ3n) is 4.37. The Labute approximate surface area is 157 Å². The van der Waals surface area contributed by atoms with Crippen molar-refractivity contribution >= 4 is 33.5 Å². The zero-order chi connectivity index (χ0) is 20.2. The predicted molar refractivity (Wildman–Crippen MR) is 97.5 cm³/mol. The minimum Gasteiger partial charge on any atom is -0.480 e. The summed E-state index contributed by atoms with van der Waals surface area (Å²) in [7, 11) is -3.70. The van der Waals surface area contributed by atoms with Gasteiger partial charge in [-0.15, -0.1) is 0 Å². The Morgan fingerprint density at radius 1 is 1.15 bits per heavy atom. The number of anilines is 1. The van der Waals surface area contributed by atoms with Gasteiger partial charge in [-0.05, 0) is 44.0 Å². The average molecular weight is 397 g/mol. The quantitative estimate of drug-likeness (QED) is 0.645. The average Bonchev–Trinajstić information content (AvgIpc) is 2.61. The van der Waals surface area contributed by atoms with Gasteiger partial charge < -0.3 is 15.7 Å². The lowest BCUT2D eigenvalue weighted by molar-refractivity contribution is -0.142. The summed E-state index contributed by atoms with van der Waals surface area (Å²) in [5, 5.41) is 13.8. The number of amides is 2. The van der Waals surface area contributed by atoms with Crippen LogP contribution in [0.3, 0.4) is 0 Å². The van der Waals surface area contributed by atoms with Gasteiger partial charge in [-0.2, -0.15) is 4.31 Å². The maximum absolute atomic E-state index is 12.7. The van der Waals surface area contributed by atoms with E-state index in [1.807, 2.05) is 0 Å². The molecule has 0 bridgehead atoms. The summed E-state index contributed by atoms with van der Waals surface area (Å²) in [5.74, 6) is -2.16. The van der Waals surface area contributed by atoms with Crippen LogP contribution >= 0.6 is 0 Å². The summed E-state index contributed by atoms with van der Waals surface area (Å²) in [6.07, 6.45) is 0.642. The van der Waals surface area contributed by atoms with Crippen LogP contribution in [0.15, 0.2) is 29.2 Å². The van der Waals surface area contributed by atoms with E-state index in [-0.39, 0.29) is 29.8 Å². The van der Waals surface area contributed by atoms with Crippen LogP contribution < -0.4 is 10.6 Å². The molecule has 0 aromatic heterocycles. The van der Waals surface area contributed by atoms with E-state index < -0.39 is 28.0 Å². The van der Waals surface area contributed by atoms with E-state index >= 15 is 0 Å². The number of nitrogens with zero attached hydrogens (tertiary/aromatic N) is 1. The van der Waals surface area contributed by atoms with Gasteiger partial charge in [0, 0.05) is 31.6 Å². The van der Waals surface area contributed by atoms with Crippen LogP contribution in [-0.4, -0.2) is 54.7 Å². The van der Waals surface area contributed by atoms with Crippen molar-refractivity contribution in [3.8, 4) is 0 Å². The van der Waals surface area contributed by atoms with Crippen LogP contribution in [0, 0.1) is 5.92 Å². The molecule has 0 radical (unpaired) electrons. The first-order valence-corrected chi connectivity index (χ1v) is 9.96. The van der Waals surface area contributed by atoms with Crippen molar-refractivity contribution in [2.45, 2.75) is 37.6 Å². The fourth-order valence-corrected chi connectivity index (χ4v) is 4.28. The molecule has 1 aliphatic heterocycles. The summed E-state index contributed by atoms with van der Waals surface area (Å²) in [4.78, 5) is 34.0. The normalized spacial score (nSPS) is 17.1. The number of carboxylic acid groups (broad SMARTS) is 1. The van der Waals surface area contributed by atoms with Crippen LogP contribution in [0.5, 0.6) is 0 Å². The number of carbonyl (C=O) groups is 3. The molecule has 2 rings (SSSR count). The smallest absolute Gasteiger partial charge is 0.325 e. The molecule has 1 aromatic carbocycles. The van der Waals surface area contributed by atoms with E-state index in [0.29, 0.717) is 18.5 Å². The van der Waals surface area contributed by atoms with Crippen molar-refractivity contribution in [1.82, 2.24) is 9.62 Å². The van der Waals surface area contributed by atoms with E-state index in [0.717, 1.165) is 0 Å². The van der Waals surface area contributed by atoms with Gasteiger partial charge in [0.15, 0.2) is 0 Å². The highest BCUT2D eigenvalue weighted by Crippen LogP contribution is 2.25. The molecule has 1 atom stereocenters. The van der Waals surface area contributed by atoms with Gasteiger partial charge in [-0.1, -0.05) is 0 Å². The molecule has 9 nitrogen and oxygen atoms in total. The van der Waals surface area contributed by atoms with E-state index in [4.69, 9.17) is 5.11 Å². The molecular formula is C17H23N3O6S. The predicted octanol–water partition coefficient (Wildman–Crippen LogP) is 0.635. The van der Waals surface area contributed by atoms with Gasteiger partial charge in [-0.25, -0.2) is 8.42 Å². The van der Waals surface area contributed by atoms with Crippen LogP contribution in [0.4, 0.5) is 5.69 Å². The van der Waals surface area contributed by atoms with Crippen molar-refractivity contribution in [2.75, 3.05) is 18.4 Å². The van der Waals surface area contributed by atoms with Crippen molar-refractivity contribution in [3.63, 3.8) is 0 Å². The molecule has 0 unspecified atom stereocenters. The Morgan fingerprint density at radius 2 is 1.70 bits per heavy atom. The third-order valence-corrected chi connectivity index (χ3v) is 6.28. The number of benzene rings is 1. The highest BCUT2D eigenvalue weighted by molar-refractivity contribution is 7.89. The highest BCUT2D eigenvalue weighted by Gasteiger charge is 2.32. The van der Waals surface area contributed by atoms with Crippen molar-refractivity contribution in [2.24, 2.45) is 5.92 Å². The second-order valence-electron chi connectivity index (χ2n) is 6.45. The number of sulfonamides is 1. The molecule has 2 amide bonds. The number of hydrogen-bond acceptors (Lipinski definition) is 5. The molecule has 0 spiro atoms. The molecule has 1 fully saturated rings. The first-order valence-electron chi connectivity index (χ1n) is 8.52. The standard InChI is InChI=1S/C17H23N3O6S/c1-11(17(23)24)18-16(22)13-7-9-20(10-8-13)27(25,26)15-5-3-14(4-6-15)19-12(2)21/h3-6,11,13H,7-10H2,1-2H3,(H,18,22)(H,19,21)(H,23,24)/t11-/m0/s1. The fourth-order valence-electron chi connectivity index (χ4n) is 2.81. The maximum atomic E-state index is 12.7. The van der Waals surface area contributed by atoms with E-state index in [9.17, 15) is 22.8 Å². The van der Waals surface area contributed by atoms with Crippen molar-refractivity contribution in [3.05, 3.63) is 24.3 Å². The molecule has 0 saturated carbocycles. The van der Waals surface area contributed by atoms with Crippen molar-refractivity contribution < 1.29 is 27.9 Å². The van der Waals surface area contributed by atoms with Crippen LogP contribution in [-0.2, 0) is 24.4 Å². The number of nitrogens with one attached hydrogen (secondary N) is 2. The second kappa shape index (κ2) is 8.49. The summed E-state index contributed by atoms with van der Waals surface area (Å²) >= 11 is 0. The SMILES string of the molecule is CC(=O)Nc1ccc(S(=O)(=O)N2CCC(C(=O)N[C@@H](C)C(=O)O)CC2)cc1. The Hall–Kier alpha value is -2.46. The molecule has 10 heteroatoms. The number of carboxylic acids is 1. The molecule has 27 heavy (non-hydrogen) atoms. The van der Waals surface area contributed by atoms with Gasteiger partial charge >= 0.3 is 5.97 Å². The lowest BCUT2D eigenvalue weighted by Gasteiger charge is -2.30. The number of hydrogen-bond donors (Lipinski definition) is 3. The van der Waals surface area contributed by atoms with E-state index in [1.54, 1.807) is 0 Å². The lowest BCUT2D eigenvalue weighted by atomic mass is 9.97. The van der Waals surface area contributed by atoms with Crippen molar-refractivity contribution in [1.29, 1.82) is 0 Å². The molecule has 1 saturated heterocycles. The molecule has 1 heterocycles. The van der Waals surface area contributed by atoms with Gasteiger partial charge in [-0.3, -0.25) is 14.4 Å². The molecule has 1 aliphatic rings. The summed E-state index contributed by atoms with van der Waals surface area (Å²) < 4.78 is 26.8. The van der Waals surface area contributed by atoms with Crippen LogP contribution in [0.2, 0.25) is 0 Å². The minimum absolute atomic E-state index is 0.110. The van der Waals surface area contributed by atoms with Gasteiger partial charge in [0.05, 0.1) is 4.90 Å². The first kappa shape index (κ1) is 20.8. The summed E-state index contributed by atoms with van der Waals surface area (Å²) in [6.45, 7) is 3.09. The van der Waals surface area contributed by atoms with E-state index in [1.165, 1.54) is 42.4 Å². The number of aliphatic carboxylic acids is 1. The maximum Gasteiger partial charge on any atom is 0.325 e. The zero-order valence-electron chi connectivity index (χ0n) is 15.1. The van der Waals surface area contributed by atoms with E-state index in [2.05, 4.69) is 10.6 Å². The first-order chi connectivity index (χ1) is 12.6. The molecule has 3 N–H and O–H groups in total. The number of piperidine rings is 1. The summed E-state index contributed by atoms with van der Waals surface area (Å²) in [5.41, 5.74) is 0.504. The molecular weight excluding hydrogens is 374 g/mol. The molecule has 148 valence electrons. The Kier molecular flexibility index (Phi) is 6.55. The van der Waals surface area contributed by atoms with Gasteiger partial charge in [0.1, 0.15) is 6.04 Å². The zero-order valence-corrected chi connectivity index (χ0v) is 16.0. The highest BCUT2D eigenvalue weighted by atomic mass is 32.2. The summed E-state index contributed by atoms with van der Waals surface area (Å²) in [6, 6.07) is 4.90. The third kappa shape index (κ3) is 5.27. The van der Waals surface area contributed by atoms with Crippen LogP contribution in [0.25, 0.3) is 0 Å². The Bertz CT molecular complexity index is 814. The monoisotopic (exact) mass is 397 g/mol. The second-order valence-corrected chi connectivity index (χ2v) is 8.39. The fraction of sp³-hybridized carbons (Fsp3) is 0.471. The molecule has 1 aromatic rings. The van der Waals surface area contributed by atoms with Gasteiger partial charge in [0.2, 0.25) is 21.8 Å². The minimum atomic E-state index is -3.70. The van der Waals surface area contributed by atoms with Gasteiger partial charge in [0.25, 0.3) is 0 Å².